The molecule has 0 aliphatic carbocycles. The summed E-state index contributed by atoms with van der Waals surface area (Å²) < 4.78 is 12.3. The molecule has 1 N–H and O–H groups in total. The van der Waals surface area contributed by atoms with Crippen LogP contribution in [0.1, 0.15) is 24.4 Å². The number of aliphatic hydroxyl groups is 1. The van der Waals surface area contributed by atoms with Crippen molar-refractivity contribution in [3.05, 3.63) is 42.0 Å². The van der Waals surface area contributed by atoms with Crippen LogP contribution < -0.4 is 9.47 Å². The maximum absolute atomic E-state index is 10.5. The van der Waals surface area contributed by atoms with E-state index in [0.29, 0.717) is 22.9 Å². The number of aliphatic hydroxyl groups excluding tert-OH is 1. The number of hydrogen-bond donors (Lipinski definition) is 1. The van der Waals surface area contributed by atoms with Crippen molar-refractivity contribution in [3.8, 4) is 11.5 Å². The first-order valence-corrected chi connectivity index (χ1v) is 6.12. The van der Waals surface area contributed by atoms with Gasteiger partial charge in [0.1, 0.15) is 23.4 Å². The van der Waals surface area contributed by atoms with Crippen molar-refractivity contribution >= 4 is 0 Å². The summed E-state index contributed by atoms with van der Waals surface area (Å²) in [5.41, 5.74) is 0.671. The number of benzene rings is 1. The number of aryl methyl sites for hydroxylation is 1. The van der Waals surface area contributed by atoms with E-state index in [1.54, 1.807) is 38.6 Å². The number of rotatable bonds is 5. The highest BCUT2D eigenvalue weighted by Gasteiger charge is 2.20. The Morgan fingerprint density at radius 1 is 1.32 bits per heavy atom. The van der Waals surface area contributed by atoms with Crippen molar-refractivity contribution in [1.29, 1.82) is 0 Å². The number of ether oxygens (including phenoxy) is 2. The molecule has 0 saturated carbocycles. The summed E-state index contributed by atoms with van der Waals surface area (Å²) in [4.78, 5) is 4.21. The zero-order valence-electron chi connectivity index (χ0n) is 11.3. The first kappa shape index (κ1) is 13.4. The molecule has 1 heterocycles. The Bertz CT molecular complexity index is 551. The van der Waals surface area contributed by atoms with E-state index < -0.39 is 6.10 Å². The number of nitrogens with zero attached hydrogens (tertiary/aromatic N) is 2. The Hall–Kier alpha value is -2.01. The predicted molar refractivity (Wildman–Crippen MR) is 71.5 cm³/mol. The van der Waals surface area contributed by atoms with Crippen LogP contribution in [0.15, 0.2) is 30.6 Å². The molecule has 2 rings (SSSR count). The summed E-state index contributed by atoms with van der Waals surface area (Å²) in [5.74, 6) is 1.87. The Morgan fingerprint density at radius 2 is 2.11 bits per heavy atom. The zero-order valence-corrected chi connectivity index (χ0v) is 11.3. The first-order chi connectivity index (χ1) is 9.21. The van der Waals surface area contributed by atoms with E-state index >= 15 is 0 Å². The molecule has 1 unspecified atom stereocenters. The number of aromatic nitrogens is 2. The molecule has 0 amide bonds. The molecular weight excluding hydrogens is 244 g/mol. The monoisotopic (exact) mass is 262 g/mol. The molecule has 0 radical (unpaired) electrons. The van der Waals surface area contributed by atoms with Gasteiger partial charge in [0.05, 0.1) is 14.2 Å². The van der Waals surface area contributed by atoms with E-state index in [9.17, 15) is 5.11 Å². The van der Waals surface area contributed by atoms with Gasteiger partial charge in [-0.1, -0.05) is 0 Å². The van der Waals surface area contributed by atoms with E-state index in [0.717, 1.165) is 6.54 Å². The van der Waals surface area contributed by atoms with Gasteiger partial charge in [-0.25, -0.2) is 4.98 Å². The fourth-order valence-electron chi connectivity index (χ4n) is 2.02. The van der Waals surface area contributed by atoms with Crippen molar-refractivity contribution < 1.29 is 14.6 Å². The molecule has 5 nitrogen and oxygen atoms in total. The van der Waals surface area contributed by atoms with Crippen LogP contribution in [-0.4, -0.2) is 28.9 Å². The van der Waals surface area contributed by atoms with Crippen LogP contribution in [0.5, 0.6) is 11.5 Å². The Balaban J connectivity index is 2.41. The number of hydrogen-bond acceptors (Lipinski definition) is 4. The molecule has 1 aromatic heterocycles. The van der Waals surface area contributed by atoms with E-state index in [1.807, 2.05) is 17.7 Å². The van der Waals surface area contributed by atoms with Crippen molar-refractivity contribution in [1.82, 2.24) is 9.55 Å². The van der Waals surface area contributed by atoms with Gasteiger partial charge in [0.25, 0.3) is 0 Å². The summed E-state index contributed by atoms with van der Waals surface area (Å²) in [6.45, 7) is 2.76. The van der Waals surface area contributed by atoms with E-state index in [-0.39, 0.29) is 0 Å². The minimum atomic E-state index is -0.823. The van der Waals surface area contributed by atoms with Gasteiger partial charge in [0, 0.05) is 30.6 Å². The second kappa shape index (κ2) is 5.75. The minimum Gasteiger partial charge on any atom is -0.497 e. The summed E-state index contributed by atoms with van der Waals surface area (Å²) in [6, 6.07) is 5.33. The van der Waals surface area contributed by atoms with E-state index in [4.69, 9.17) is 9.47 Å². The molecule has 0 fully saturated rings. The van der Waals surface area contributed by atoms with Crippen LogP contribution in [0.4, 0.5) is 0 Å². The van der Waals surface area contributed by atoms with Crippen LogP contribution in [0.3, 0.4) is 0 Å². The van der Waals surface area contributed by atoms with Gasteiger partial charge in [0.15, 0.2) is 0 Å². The second-order valence-corrected chi connectivity index (χ2v) is 4.08. The van der Waals surface area contributed by atoms with E-state index in [2.05, 4.69) is 4.98 Å². The Kier molecular flexibility index (Phi) is 4.06. The maximum Gasteiger partial charge on any atom is 0.142 e. The lowest BCUT2D eigenvalue weighted by atomic mass is 10.1. The summed E-state index contributed by atoms with van der Waals surface area (Å²) in [6.07, 6.45) is 2.70. The molecule has 0 aliphatic rings. The van der Waals surface area contributed by atoms with Crippen molar-refractivity contribution in [2.45, 2.75) is 19.6 Å². The summed E-state index contributed by atoms with van der Waals surface area (Å²) in [7, 11) is 3.16. The smallest absolute Gasteiger partial charge is 0.142 e. The van der Waals surface area contributed by atoms with Crippen LogP contribution in [-0.2, 0) is 6.54 Å². The quantitative estimate of drug-likeness (QED) is 0.895. The molecule has 1 atom stereocenters. The van der Waals surface area contributed by atoms with Gasteiger partial charge in [0.2, 0.25) is 0 Å². The van der Waals surface area contributed by atoms with E-state index in [1.165, 1.54) is 0 Å². The topological polar surface area (TPSA) is 56.5 Å². The Labute approximate surface area is 112 Å². The van der Waals surface area contributed by atoms with Gasteiger partial charge in [-0.15, -0.1) is 0 Å². The number of methoxy groups -OCH3 is 2. The molecule has 102 valence electrons. The van der Waals surface area contributed by atoms with Crippen molar-refractivity contribution in [3.63, 3.8) is 0 Å². The van der Waals surface area contributed by atoms with Gasteiger partial charge < -0.3 is 19.1 Å². The molecule has 2 aromatic rings. The average Bonchev–Trinajstić information content (AvgIpc) is 2.94. The standard InChI is InChI=1S/C14H18N2O3/c1-4-16-8-7-15-14(16)13(17)11-6-5-10(18-2)9-12(11)19-3/h5-9,13,17H,4H2,1-3H3. The van der Waals surface area contributed by atoms with Crippen LogP contribution in [0.2, 0.25) is 0 Å². The SMILES string of the molecule is CCn1ccnc1C(O)c1ccc(OC)cc1OC. The molecule has 0 aliphatic heterocycles. The molecule has 1 aromatic carbocycles. The molecule has 5 heteroatoms. The fourth-order valence-corrected chi connectivity index (χ4v) is 2.02. The summed E-state index contributed by atoms with van der Waals surface area (Å²) in [5, 5.41) is 10.5. The molecular formula is C14H18N2O3. The van der Waals surface area contributed by atoms with Crippen LogP contribution in [0.25, 0.3) is 0 Å². The minimum absolute atomic E-state index is 0.581. The lowest BCUT2D eigenvalue weighted by Crippen LogP contribution is -2.10. The van der Waals surface area contributed by atoms with Crippen LogP contribution in [0, 0.1) is 0 Å². The normalized spacial score (nSPS) is 12.2. The highest BCUT2D eigenvalue weighted by Crippen LogP contribution is 2.32. The average molecular weight is 262 g/mol. The maximum atomic E-state index is 10.5. The lowest BCUT2D eigenvalue weighted by molar-refractivity contribution is 0.199. The van der Waals surface area contributed by atoms with Gasteiger partial charge in [-0.3, -0.25) is 0 Å². The highest BCUT2D eigenvalue weighted by atomic mass is 16.5. The molecule has 0 spiro atoms. The first-order valence-electron chi connectivity index (χ1n) is 6.12. The molecule has 0 bridgehead atoms. The van der Waals surface area contributed by atoms with Crippen molar-refractivity contribution in [2.24, 2.45) is 0 Å². The predicted octanol–water partition coefficient (Wildman–Crippen LogP) is 2.00. The molecule has 0 saturated heterocycles. The lowest BCUT2D eigenvalue weighted by Gasteiger charge is -2.16. The third-order valence-corrected chi connectivity index (χ3v) is 3.07. The van der Waals surface area contributed by atoms with Crippen LogP contribution >= 0.6 is 0 Å². The third kappa shape index (κ3) is 2.56. The molecule has 19 heavy (non-hydrogen) atoms. The summed E-state index contributed by atoms with van der Waals surface area (Å²) >= 11 is 0. The van der Waals surface area contributed by atoms with Gasteiger partial charge in [-0.2, -0.15) is 0 Å². The highest BCUT2D eigenvalue weighted by molar-refractivity contribution is 5.43. The fraction of sp³-hybridized carbons (Fsp3) is 0.357. The number of imidazole rings is 1. The third-order valence-electron chi connectivity index (χ3n) is 3.07. The second-order valence-electron chi connectivity index (χ2n) is 4.08. The van der Waals surface area contributed by atoms with Gasteiger partial charge >= 0.3 is 0 Å². The van der Waals surface area contributed by atoms with Gasteiger partial charge in [-0.05, 0) is 19.1 Å². The van der Waals surface area contributed by atoms with Crippen molar-refractivity contribution in [2.75, 3.05) is 14.2 Å². The largest absolute Gasteiger partial charge is 0.497 e. The Morgan fingerprint density at radius 3 is 2.74 bits per heavy atom. The zero-order chi connectivity index (χ0) is 13.8.